The Hall–Kier alpha value is -0.120. The standard InChI is InChI=1S/C13H26N2O/c1-16-10-13(6-3-7-13)9-15-12-5-2-4-11(12)8-14/h11-12,15H,2-10,14H2,1H3. The molecule has 3 N–H and O–H groups in total. The van der Waals surface area contributed by atoms with E-state index in [2.05, 4.69) is 5.32 Å². The quantitative estimate of drug-likeness (QED) is 0.722. The summed E-state index contributed by atoms with van der Waals surface area (Å²) in [6.45, 7) is 2.89. The topological polar surface area (TPSA) is 47.3 Å². The monoisotopic (exact) mass is 226 g/mol. The zero-order valence-corrected chi connectivity index (χ0v) is 10.5. The van der Waals surface area contributed by atoms with Gasteiger partial charge in [-0.15, -0.1) is 0 Å². The lowest BCUT2D eigenvalue weighted by molar-refractivity contribution is 0.0150. The lowest BCUT2D eigenvalue weighted by Crippen LogP contribution is -2.48. The maximum absolute atomic E-state index is 5.80. The first-order valence-corrected chi connectivity index (χ1v) is 6.72. The van der Waals surface area contributed by atoms with Crippen molar-refractivity contribution in [2.75, 3.05) is 26.8 Å². The van der Waals surface area contributed by atoms with Crippen molar-refractivity contribution in [3.8, 4) is 0 Å². The van der Waals surface area contributed by atoms with Gasteiger partial charge in [0.05, 0.1) is 6.61 Å². The minimum atomic E-state index is 0.441. The van der Waals surface area contributed by atoms with Crippen LogP contribution in [-0.4, -0.2) is 32.8 Å². The maximum Gasteiger partial charge on any atom is 0.0530 e. The van der Waals surface area contributed by atoms with Crippen LogP contribution >= 0.6 is 0 Å². The zero-order chi connectivity index (χ0) is 11.4. The molecule has 0 saturated heterocycles. The summed E-state index contributed by atoms with van der Waals surface area (Å²) < 4.78 is 5.35. The number of ether oxygens (including phenoxy) is 1. The fraction of sp³-hybridized carbons (Fsp3) is 1.00. The summed E-state index contributed by atoms with van der Waals surface area (Å²) in [5.74, 6) is 0.708. The van der Waals surface area contributed by atoms with E-state index < -0.39 is 0 Å². The fourth-order valence-electron chi connectivity index (χ4n) is 3.29. The lowest BCUT2D eigenvalue weighted by atomic mass is 9.69. The first-order valence-electron chi connectivity index (χ1n) is 6.72. The molecular formula is C13H26N2O. The van der Waals surface area contributed by atoms with Gasteiger partial charge >= 0.3 is 0 Å². The van der Waals surface area contributed by atoms with Crippen molar-refractivity contribution in [2.45, 2.75) is 44.6 Å². The van der Waals surface area contributed by atoms with Crippen LogP contribution in [0.5, 0.6) is 0 Å². The maximum atomic E-state index is 5.80. The van der Waals surface area contributed by atoms with Gasteiger partial charge in [-0.05, 0) is 38.1 Å². The summed E-state index contributed by atoms with van der Waals surface area (Å²) >= 11 is 0. The zero-order valence-electron chi connectivity index (χ0n) is 10.5. The van der Waals surface area contributed by atoms with Crippen LogP contribution in [0.3, 0.4) is 0 Å². The van der Waals surface area contributed by atoms with Crippen LogP contribution in [0.2, 0.25) is 0 Å². The van der Waals surface area contributed by atoms with Crippen molar-refractivity contribution in [3.63, 3.8) is 0 Å². The van der Waals surface area contributed by atoms with E-state index in [4.69, 9.17) is 10.5 Å². The summed E-state index contributed by atoms with van der Waals surface area (Å²) in [7, 11) is 1.82. The molecule has 3 nitrogen and oxygen atoms in total. The second-order valence-corrected chi connectivity index (χ2v) is 5.70. The number of rotatable bonds is 6. The molecule has 94 valence electrons. The van der Waals surface area contributed by atoms with E-state index in [9.17, 15) is 0 Å². The highest BCUT2D eigenvalue weighted by Gasteiger charge is 2.38. The van der Waals surface area contributed by atoms with Crippen LogP contribution in [0.1, 0.15) is 38.5 Å². The van der Waals surface area contributed by atoms with Crippen LogP contribution in [0.4, 0.5) is 0 Å². The third-order valence-electron chi connectivity index (χ3n) is 4.57. The molecule has 0 aliphatic heterocycles. The average molecular weight is 226 g/mol. The Labute approximate surface area is 99.1 Å². The molecule has 0 aromatic rings. The van der Waals surface area contributed by atoms with Gasteiger partial charge in [-0.25, -0.2) is 0 Å². The van der Waals surface area contributed by atoms with Gasteiger partial charge in [0.2, 0.25) is 0 Å². The summed E-state index contributed by atoms with van der Waals surface area (Å²) in [6.07, 6.45) is 7.99. The van der Waals surface area contributed by atoms with Crippen molar-refractivity contribution in [1.82, 2.24) is 5.32 Å². The van der Waals surface area contributed by atoms with E-state index in [1.165, 1.54) is 38.5 Å². The summed E-state index contributed by atoms with van der Waals surface area (Å²) in [5, 5.41) is 3.75. The number of hydrogen-bond donors (Lipinski definition) is 2. The summed E-state index contributed by atoms with van der Waals surface area (Å²) in [4.78, 5) is 0. The van der Waals surface area contributed by atoms with Crippen molar-refractivity contribution >= 4 is 0 Å². The van der Waals surface area contributed by atoms with Crippen LogP contribution in [0.15, 0.2) is 0 Å². The van der Waals surface area contributed by atoms with E-state index in [0.29, 0.717) is 17.4 Å². The lowest BCUT2D eigenvalue weighted by Gasteiger charge is -2.42. The molecule has 2 fully saturated rings. The van der Waals surface area contributed by atoms with E-state index >= 15 is 0 Å². The Morgan fingerprint density at radius 2 is 2.12 bits per heavy atom. The first kappa shape index (κ1) is 12.3. The molecule has 0 radical (unpaired) electrons. The van der Waals surface area contributed by atoms with Gasteiger partial charge in [-0.1, -0.05) is 12.8 Å². The highest BCUT2D eigenvalue weighted by atomic mass is 16.5. The van der Waals surface area contributed by atoms with Gasteiger partial charge in [0.1, 0.15) is 0 Å². The number of nitrogens with one attached hydrogen (secondary N) is 1. The molecule has 2 unspecified atom stereocenters. The molecule has 2 saturated carbocycles. The molecule has 0 bridgehead atoms. The van der Waals surface area contributed by atoms with E-state index in [-0.39, 0.29) is 0 Å². The predicted octanol–water partition coefficient (Wildman–Crippen LogP) is 1.52. The molecule has 0 aromatic carbocycles. The molecule has 3 heteroatoms. The molecule has 2 aliphatic carbocycles. The molecule has 16 heavy (non-hydrogen) atoms. The Bertz CT molecular complexity index is 216. The third kappa shape index (κ3) is 2.58. The van der Waals surface area contributed by atoms with Crippen molar-refractivity contribution < 1.29 is 4.74 Å². The Morgan fingerprint density at radius 1 is 1.31 bits per heavy atom. The van der Waals surface area contributed by atoms with Gasteiger partial charge in [-0.2, -0.15) is 0 Å². The first-order chi connectivity index (χ1) is 7.79. The molecule has 0 amide bonds. The van der Waals surface area contributed by atoms with Crippen molar-refractivity contribution in [3.05, 3.63) is 0 Å². The SMILES string of the molecule is COCC1(CNC2CCCC2CN)CCC1. The van der Waals surface area contributed by atoms with E-state index in [0.717, 1.165) is 19.7 Å². The Kier molecular flexibility index (Phi) is 4.22. The van der Waals surface area contributed by atoms with Crippen LogP contribution < -0.4 is 11.1 Å². The minimum Gasteiger partial charge on any atom is -0.384 e. The predicted molar refractivity (Wildman–Crippen MR) is 66.3 cm³/mol. The average Bonchev–Trinajstić information content (AvgIpc) is 2.69. The van der Waals surface area contributed by atoms with Gasteiger partial charge in [-0.3, -0.25) is 0 Å². The smallest absolute Gasteiger partial charge is 0.0530 e. The highest BCUT2D eigenvalue weighted by molar-refractivity contribution is 4.92. The fourth-order valence-corrected chi connectivity index (χ4v) is 3.29. The van der Waals surface area contributed by atoms with Crippen LogP contribution in [0.25, 0.3) is 0 Å². The highest BCUT2D eigenvalue weighted by Crippen LogP contribution is 2.41. The second kappa shape index (κ2) is 5.48. The third-order valence-corrected chi connectivity index (χ3v) is 4.57. The normalized spacial score (nSPS) is 32.6. The summed E-state index contributed by atoms with van der Waals surface area (Å²) in [6, 6.07) is 0.666. The van der Waals surface area contributed by atoms with Gasteiger partial charge in [0.25, 0.3) is 0 Å². The number of nitrogens with two attached hydrogens (primary N) is 1. The molecule has 2 rings (SSSR count). The number of methoxy groups -OCH3 is 1. The number of hydrogen-bond acceptors (Lipinski definition) is 3. The minimum absolute atomic E-state index is 0.441. The van der Waals surface area contributed by atoms with Gasteiger partial charge in [0.15, 0.2) is 0 Å². The molecule has 2 atom stereocenters. The van der Waals surface area contributed by atoms with Crippen LogP contribution in [0, 0.1) is 11.3 Å². The van der Waals surface area contributed by atoms with Gasteiger partial charge < -0.3 is 15.8 Å². The second-order valence-electron chi connectivity index (χ2n) is 5.70. The Balaban J connectivity index is 1.77. The van der Waals surface area contributed by atoms with E-state index in [1.54, 1.807) is 0 Å². The largest absolute Gasteiger partial charge is 0.384 e. The Morgan fingerprint density at radius 3 is 2.69 bits per heavy atom. The molecule has 0 aromatic heterocycles. The molecule has 0 heterocycles. The van der Waals surface area contributed by atoms with Crippen molar-refractivity contribution in [2.24, 2.45) is 17.1 Å². The van der Waals surface area contributed by atoms with Gasteiger partial charge in [0, 0.05) is 25.1 Å². The van der Waals surface area contributed by atoms with E-state index in [1.807, 2.05) is 7.11 Å². The molecule has 2 aliphatic rings. The summed E-state index contributed by atoms with van der Waals surface area (Å²) in [5.41, 5.74) is 6.24. The van der Waals surface area contributed by atoms with Crippen LogP contribution in [-0.2, 0) is 4.74 Å². The molecule has 0 spiro atoms. The van der Waals surface area contributed by atoms with Crippen molar-refractivity contribution in [1.29, 1.82) is 0 Å². The molecular weight excluding hydrogens is 200 g/mol.